The van der Waals surface area contributed by atoms with Gasteiger partial charge in [0.25, 0.3) is 0 Å². The number of H-pyrrole nitrogens is 1. The minimum atomic E-state index is -0.325. The van der Waals surface area contributed by atoms with Crippen molar-refractivity contribution in [1.82, 2.24) is 15.2 Å². The minimum absolute atomic E-state index is 0.325. The maximum atomic E-state index is 13.2. The number of halogens is 1. The van der Waals surface area contributed by atoms with Gasteiger partial charge < -0.3 is 14.8 Å². The summed E-state index contributed by atoms with van der Waals surface area (Å²) in [6.45, 7) is 1.92. The third-order valence-corrected chi connectivity index (χ3v) is 3.99. The van der Waals surface area contributed by atoms with Crippen LogP contribution in [0, 0.1) is 12.7 Å². The van der Waals surface area contributed by atoms with Crippen LogP contribution in [0.15, 0.2) is 54.6 Å². The van der Waals surface area contributed by atoms with Crippen LogP contribution >= 0.6 is 0 Å². The molecule has 136 valence electrons. The number of ether oxygens (including phenoxy) is 2. The summed E-state index contributed by atoms with van der Waals surface area (Å²) < 4.78 is 24.4. The highest BCUT2D eigenvalue weighted by molar-refractivity contribution is 5.90. The van der Waals surface area contributed by atoms with E-state index in [1.807, 2.05) is 37.3 Å². The number of nitrogens with one attached hydrogen (secondary N) is 2. The molecule has 0 fully saturated rings. The molecule has 2 heterocycles. The largest absolute Gasteiger partial charge is 0.497 e. The predicted octanol–water partition coefficient (Wildman–Crippen LogP) is 4.95. The lowest BCUT2D eigenvalue weighted by molar-refractivity contribution is 0.415. The molecule has 2 aromatic heterocycles. The number of fused-ring (bicyclic) bond motifs is 1. The molecule has 0 aliphatic rings. The van der Waals surface area contributed by atoms with Gasteiger partial charge in [0.1, 0.15) is 23.1 Å². The lowest BCUT2D eigenvalue weighted by atomic mass is 10.1. The van der Waals surface area contributed by atoms with Gasteiger partial charge in [-0.2, -0.15) is 10.1 Å². The SMILES string of the molecule is COc1ccc2c(Oc3ccc(F)cc3)nc(Nc3cc(C)[nH]n3)cc2c1. The number of anilines is 2. The molecule has 0 spiro atoms. The summed E-state index contributed by atoms with van der Waals surface area (Å²) in [5, 5.41) is 11.9. The maximum Gasteiger partial charge on any atom is 0.229 e. The van der Waals surface area contributed by atoms with E-state index in [0.29, 0.717) is 23.3 Å². The van der Waals surface area contributed by atoms with Crippen molar-refractivity contribution in [3.05, 3.63) is 66.1 Å². The number of aromatic amines is 1. The van der Waals surface area contributed by atoms with E-state index >= 15 is 0 Å². The van der Waals surface area contributed by atoms with Crippen molar-refractivity contribution in [2.24, 2.45) is 0 Å². The van der Waals surface area contributed by atoms with E-state index in [1.54, 1.807) is 19.2 Å². The van der Waals surface area contributed by atoms with Crippen LogP contribution in [-0.2, 0) is 0 Å². The zero-order valence-corrected chi connectivity index (χ0v) is 14.8. The van der Waals surface area contributed by atoms with Crippen LogP contribution in [0.4, 0.5) is 16.0 Å². The first-order chi connectivity index (χ1) is 13.1. The number of hydrogen-bond donors (Lipinski definition) is 2. The van der Waals surface area contributed by atoms with Gasteiger partial charge in [0.05, 0.1) is 7.11 Å². The molecule has 7 heteroatoms. The fraction of sp³-hybridized carbons (Fsp3) is 0.100. The lowest BCUT2D eigenvalue weighted by Crippen LogP contribution is -1.97. The van der Waals surface area contributed by atoms with Crippen LogP contribution in [0.2, 0.25) is 0 Å². The molecule has 0 saturated carbocycles. The van der Waals surface area contributed by atoms with E-state index in [0.717, 1.165) is 22.2 Å². The summed E-state index contributed by atoms with van der Waals surface area (Å²) in [6, 6.07) is 15.2. The number of rotatable bonds is 5. The van der Waals surface area contributed by atoms with Crippen molar-refractivity contribution in [3.63, 3.8) is 0 Å². The Hall–Kier alpha value is -3.61. The Morgan fingerprint density at radius 1 is 0.963 bits per heavy atom. The molecule has 0 radical (unpaired) electrons. The lowest BCUT2D eigenvalue weighted by Gasteiger charge is -2.12. The maximum absolute atomic E-state index is 13.2. The molecule has 2 N–H and O–H groups in total. The summed E-state index contributed by atoms with van der Waals surface area (Å²) in [7, 11) is 1.62. The highest BCUT2D eigenvalue weighted by Gasteiger charge is 2.11. The molecule has 0 bridgehead atoms. The number of aromatic nitrogens is 3. The van der Waals surface area contributed by atoms with Crippen LogP contribution in [0.5, 0.6) is 17.4 Å². The van der Waals surface area contributed by atoms with E-state index < -0.39 is 0 Å². The van der Waals surface area contributed by atoms with E-state index in [4.69, 9.17) is 9.47 Å². The first-order valence-corrected chi connectivity index (χ1v) is 8.32. The number of methoxy groups -OCH3 is 1. The molecular formula is C20H17FN4O2. The molecule has 4 rings (SSSR count). The van der Waals surface area contributed by atoms with Crippen molar-refractivity contribution in [2.45, 2.75) is 6.92 Å². The zero-order chi connectivity index (χ0) is 18.8. The van der Waals surface area contributed by atoms with Crippen molar-refractivity contribution in [1.29, 1.82) is 0 Å². The van der Waals surface area contributed by atoms with Crippen molar-refractivity contribution in [3.8, 4) is 17.4 Å². The number of pyridine rings is 1. The predicted molar refractivity (Wildman–Crippen MR) is 101 cm³/mol. The smallest absolute Gasteiger partial charge is 0.229 e. The molecule has 4 aromatic rings. The average Bonchev–Trinajstić information content (AvgIpc) is 3.07. The standard InChI is InChI=1S/C20H17FN4O2/c1-12-9-19(25-24-12)22-18-11-13-10-16(26-2)7-8-17(13)20(23-18)27-15-5-3-14(21)4-6-15/h3-11H,1-2H3,(H2,22,23,24,25). The molecule has 27 heavy (non-hydrogen) atoms. The van der Waals surface area contributed by atoms with E-state index in [9.17, 15) is 4.39 Å². The fourth-order valence-corrected chi connectivity index (χ4v) is 2.70. The normalized spacial score (nSPS) is 10.8. The quantitative estimate of drug-likeness (QED) is 0.524. The number of hydrogen-bond acceptors (Lipinski definition) is 5. The Morgan fingerprint density at radius 2 is 1.74 bits per heavy atom. The Labute approximate surface area is 155 Å². The van der Waals surface area contributed by atoms with Crippen LogP contribution in [0.25, 0.3) is 10.8 Å². The molecule has 0 unspecified atom stereocenters. The van der Waals surface area contributed by atoms with Gasteiger partial charge in [0, 0.05) is 17.1 Å². The highest BCUT2D eigenvalue weighted by atomic mass is 19.1. The molecule has 0 atom stereocenters. The van der Waals surface area contributed by atoms with Gasteiger partial charge in [0.2, 0.25) is 5.88 Å². The summed E-state index contributed by atoms with van der Waals surface area (Å²) in [4.78, 5) is 4.56. The van der Waals surface area contributed by atoms with E-state index in [1.165, 1.54) is 12.1 Å². The zero-order valence-electron chi connectivity index (χ0n) is 14.8. The van der Waals surface area contributed by atoms with Gasteiger partial charge in [-0.1, -0.05) is 0 Å². The van der Waals surface area contributed by atoms with Crippen LogP contribution < -0.4 is 14.8 Å². The topological polar surface area (TPSA) is 72.1 Å². The Kier molecular flexibility index (Phi) is 4.33. The second-order valence-corrected chi connectivity index (χ2v) is 6.02. The monoisotopic (exact) mass is 364 g/mol. The Morgan fingerprint density at radius 3 is 2.44 bits per heavy atom. The van der Waals surface area contributed by atoms with Gasteiger partial charge in [-0.25, -0.2) is 4.39 Å². The molecule has 0 aliphatic carbocycles. The molecule has 0 aliphatic heterocycles. The minimum Gasteiger partial charge on any atom is -0.497 e. The van der Waals surface area contributed by atoms with E-state index in [-0.39, 0.29) is 5.82 Å². The fourth-order valence-electron chi connectivity index (χ4n) is 2.70. The van der Waals surface area contributed by atoms with Crippen molar-refractivity contribution in [2.75, 3.05) is 12.4 Å². The van der Waals surface area contributed by atoms with Gasteiger partial charge >= 0.3 is 0 Å². The van der Waals surface area contributed by atoms with Crippen LogP contribution in [0.1, 0.15) is 5.69 Å². The second-order valence-electron chi connectivity index (χ2n) is 6.02. The Balaban J connectivity index is 1.77. The third kappa shape index (κ3) is 3.67. The average molecular weight is 364 g/mol. The first kappa shape index (κ1) is 16.8. The summed E-state index contributed by atoms with van der Waals surface area (Å²) in [6.07, 6.45) is 0. The van der Waals surface area contributed by atoms with Crippen LogP contribution in [0.3, 0.4) is 0 Å². The molecule has 0 saturated heterocycles. The molecule has 0 amide bonds. The molecular weight excluding hydrogens is 347 g/mol. The van der Waals surface area contributed by atoms with E-state index in [2.05, 4.69) is 20.5 Å². The van der Waals surface area contributed by atoms with Crippen molar-refractivity contribution < 1.29 is 13.9 Å². The van der Waals surface area contributed by atoms with Crippen LogP contribution in [-0.4, -0.2) is 22.3 Å². The third-order valence-electron chi connectivity index (χ3n) is 3.99. The second kappa shape index (κ2) is 6.95. The highest BCUT2D eigenvalue weighted by Crippen LogP contribution is 2.33. The Bertz CT molecular complexity index is 1090. The summed E-state index contributed by atoms with van der Waals surface area (Å²) >= 11 is 0. The molecule has 2 aromatic carbocycles. The van der Waals surface area contributed by atoms with Gasteiger partial charge in [-0.3, -0.25) is 5.10 Å². The van der Waals surface area contributed by atoms with Gasteiger partial charge in [0.15, 0.2) is 5.82 Å². The summed E-state index contributed by atoms with van der Waals surface area (Å²) in [5.74, 6) is 2.51. The number of benzene rings is 2. The van der Waals surface area contributed by atoms with Gasteiger partial charge in [-0.05, 0) is 60.8 Å². The number of aryl methyl sites for hydroxylation is 1. The first-order valence-electron chi connectivity index (χ1n) is 8.32. The summed E-state index contributed by atoms with van der Waals surface area (Å²) in [5.41, 5.74) is 0.933. The van der Waals surface area contributed by atoms with Gasteiger partial charge in [-0.15, -0.1) is 0 Å². The molecule has 6 nitrogen and oxygen atoms in total. The van der Waals surface area contributed by atoms with Crippen molar-refractivity contribution >= 4 is 22.4 Å². The number of nitrogens with zero attached hydrogens (tertiary/aromatic N) is 2.